The molecule has 0 aliphatic rings. The first-order valence-corrected chi connectivity index (χ1v) is 9.33. The maximum atomic E-state index is 12.1. The van der Waals surface area contributed by atoms with Crippen molar-refractivity contribution >= 4 is 44.8 Å². The maximum absolute atomic E-state index is 12.1. The summed E-state index contributed by atoms with van der Waals surface area (Å²) in [4.78, 5) is 11.9. The Labute approximate surface area is 151 Å². The van der Waals surface area contributed by atoms with Crippen LogP contribution in [0.2, 0.25) is 10.0 Å². The minimum Gasteiger partial charge on any atom is -0.326 e. The van der Waals surface area contributed by atoms with E-state index in [1.165, 1.54) is 12.1 Å². The number of nitrogens with one attached hydrogen (secondary N) is 2. The number of anilines is 1. The molecule has 2 aromatic carbocycles. The van der Waals surface area contributed by atoms with Crippen LogP contribution in [0.3, 0.4) is 0 Å². The first kappa shape index (κ1) is 18.7. The Morgan fingerprint density at radius 3 is 2.54 bits per heavy atom. The van der Waals surface area contributed by atoms with E-state index in [1.54, 1.807) is 30.3 Å². The van der Waals surface area contributed by atoms with Crippen LogP contribution in [-0.2, 0) is 14.8 Å². The number of halogens is 2. The monoisotopic (exact) mass is 386 g/mol. The van der Waals surface area contributed by atoms with Gasteiger partial charge in [-0.3, -0.25) is 4.79 Å². The Hall–Kier alpha value is -1.60. The predicted molar refractivity (Wildman–Crippen MR) is 96.1 cm³/mol. The smallest absolute Gasteiger partial charge is 0.240 e. The molecule has 0 aliphatic carbocycles. The van der Waals surface area contributed by atoms with Gasteiger partial charge in [0, 0.05) is 28.7 Å². The first-order chi connectivity index (χ1) is 11.3. The molecule has 0 fully saturated rings. The molecule has 2 rings (SSSR count). The average molecular weight is 387 g/mol. The van der Waals surface area contributed by atoms with E-state index in [0.717, 1.165) is 5.56 Å². The van der Waals surface area contributed by atoms with Gasteiger partial charge in [0.2, 0.25) is 15.9 Å². The van der Waals surface area contributed by atoms with Gasteiger partial charge >= 0.3 is 0 Å². The number of rotatable bonds is 6. The maximum Gasteiger partial charge on any atom is 0.240 e. The summed E-state index contributed by atoms with van der Waals surface area (Å²) in [6, 6.07) is 11.1. The van der Waals surface area contributed by atoms with Crippen LogP contribution >= 0.6 is 23.2 Å². The zero-order valence-electron chi connectivity index (χ0n) is 12.8. The number of carbonyl (C=O) groups excluding carboxylic acids is 1. The molecule has 128 valence electrons. The molecular formula is C16H16Cl2N2O3S. The van der Waals surface area contributed by atoms with Gasteiger partial charge in [-0.1, -0.05) is 35.3 Å². The molecule has 8 heteroatoms. The summed E-state index contributed by atoms with van der Waals surface area (Å²) in [6.45, 7) is 1.83. The fourth-order valence-electron chi connectivity index (χ4n) is 1.91. The van der Waals surface area contributed by atoms with E-state index >= 15 is 0 Å². The van der Waals surface area contributed by atoms with Crippen molar-refractivity contribution in [3.8, 4) is 0 Å². The molecule has 0 spiro atoms. The molecule has 2 N–H and O–H groups in total. The molecule has 0 aromatic heterocycles. The third kappa shape index (κ3) is 5.21. The normalized spacial score (nSPS) is 11.3. The third-order valence-corrected chi connectivity index (χ3v) is 5.31. The predicted octanol–water partition coefficient (Wildman–Crippen LogP) is 3.61. The highest BCUT2D eigenvalue weighted by atomic mass is 35.5. The molecule has 0 saturated carbocycles. The minimum atomic E-state index is -3.70. The average Bonchev–Trinajstić information content (AvgIpc) is 2.51. The lowest BCUT2D eigenvalue weighted by Crippen LogP contribution is -2.27. The van der Waals surface area contributed by atoms with Crippen LogP contribution in [0.5, 0.6) is 0 Å². The number of hydrogen-bond donors (Lipinski definition) is 2. The molecule has 1 amide bonds. The van der Waals surface area contributed by atoms with Crippen molar-refractivity contribution < 1.29 is 13.2 Å². The molecule has 0 aliphatic heterocycles. The molecule has 0 radical (unpaired) electrons. The van der Waals surface area contributed by atoms with E-state index in [0.29, 0.717) is 15.7 Å². The van der Waals surface area contributed by atoms with Gasteiger partial charge in [0.15, 0.2) is 0 Å². The van der Waals surface area contributed by atoms with Crippen molar-refractivity contribution in [2.75, 3.05) is 11.9 Å². The number of aryl methyl sites for hydroxylation is 1. The van der Waals surface area contributed by atoms with Crippen molar-refractivity contribution in [3.63, 3.8) is 0 Å². The Morgan fingerprint density at radius 2 is 1.88 bits per heavy atom. The highest BCUT2D eigenvalue weighted by Gasteiger charge is 2.14. The van der Waals surface area contributed by atoms with Crippen molar-refractivity contribution in [1.82, 2.24) is 4.72 Å². The fourth-order valence-corrected chi connectivity index (χ4v) is 3.42. The van der Waals surface area contributed by atoms with Crippen LogP contribution in [0.1, 0.15) is 12.0 Å². The molecule has 0 saturated heterocycles. The summed E-state index contributed by atoms with van der Waals surface area (Å²) < 4.78 is 26.5. The van der Waals surface area contributed by atoms with Crippen molar-refractivity contribution in [2.24, 2.45) is 0 Å². The standard InChI is InChI=1S/C16H16Cl2N2O3S/c1-11-5-6-13(10-15(11)18)20-16(21)7-8-19-24(22,23)14-4-2-3-12(17)9-14/h2-6,9-10,19H,7-8H2,1H3,(H,20,21). The molecule has 0 bridgehead atoms. The Bertz CT molecular complexity index is 854. The Balaban J connectivity index is 1.89. The summed E-state index contributed by atoms with van der Waals surface area (Å²) in [5.41, 5.74) is 1.47. The number of benzene rings is 2. The lowest BCUT2D eigenvalue weighted by molar-refractivity contribution is -0.116. The van der Waals surface area contributed by atoms with Crippen molar-refractivity contribution in [3.05, 3.63) is 58.1 Å². The van der Waals surface area contributed by atoms with Crippen LogP contribution in [0, 0.1) is 6.92 Å². The van der Waals surface area contributed by atoms with E-state index in [1.807, 2.05) is 6.92 Å². The van der Waals surface area contributed by atoms with Gasteiger partial charge in [-0.2, -0.15) is 0 Å². The third-order valence-electron chi connectivity index (χ3n) is 3.21. The van der Waals surface area contributed by atoms with E-state index < -0.39 is 10.0 Å². The SMILES string of the molecule is Cc1ccc(NC(=O)CCNS(=O)(=O)c2cccc(Cl)c2)cc1Cl. The van der Waals surface area contributed by atoms with E-state index in [9.17, 15) is 13.2 Å². The zero-order valence-corrected chi connectivity index (χ0v) is 15.2. The van der Waals surface area contributed by atoms with Crippen LogP contribution in [-0.4, -0.2) is 20.9 Å². The van der Waals surface area contributed by atoms with E-state index in [4.69, 9.17) is 23.2 Å². The number of hydrogen-bond acceptors (Lipinski definition) is 3. The molecule has 0 heterocycles. The Kier molecular flexibility index (Phi) is 6.23. The summed E-state index contributed by atoms with van der Waals surface area (Å²) >= 11 is 11.8. The van der Waals surface area contributed by atoms with Gasteiger partial charge in [0.25, 0.3) is 0 Å². The molecule has 0 atom stereocenters. The molecule has 2 aromatic rings. The van der Waals surface area contributed by atoms with Crippen LogP contribution in [0.15, 0.2) is 47.4 Å². The quantitative estimate of drug-likeness (QED) is 0.795. The molecule has 24 heavy (non-hydrogen) atoms. The fraction of sp³-hybridized carbons (Fsp3) is 0.188. The van der Waals surface area contributed by atoms with Crippen molar-refractivity contribution in [2.45, 2.75) is 18.2 Å². The topological polar surface area (TPSA) is 75.3 Å². The highest BCUT2D eigenvalue weighted by molar-refractivity contribution is 7.89. The Morgan fingerprint density at radius 1 is 1.12 bits per heavy atom. The zero-order chi connectivity index (χ0) is 17.7. The van der Waals surface area contributed by atoms with Crippen LogP contribution in [0.4, 0.5) is 5.69 Å². The molecular weight excluding hydrogens is 371 g/mol. The van der Waals surface area contributed by atoms with E-state index in [2.05, 4.69) is 10.0 Å². The minimum absolute atomic E-state index is 0.00864. The number of carbonyl (C=O) groups is 1. The van der Waals surface area contributed by atoms with Gasteiger partial charge in [0.05, 0.1) is 4.90 Å². The van der Waals surface area contributed by atoms with Gasteiger partial charge in [0.1, 0.15) is 0 Å². The highest BCUT2D eigenvalue weighted by Crippen LogP contribution is 2.20. The van der Waals surface area contributed by atoms with Gasteiger partial charge in [-0.05, 0) is 42.8 Å². The second-order valence-electron chi connectivity index (χ2n) is 5.12. The van der Waals surface area contributed by atoms with Gasteiger partial charge in [-0.15, -0.1) is 0 Å². The van der Waals surface area contributed by atoms with Gasteiger partial charge in [-0.25, -0.2) is 13.1 Å². The van der Waals surface area contributed by atoms with Crippen LogP contribution < -0.4 is 10.0 Å². The second kappa shape index (κ2) is 7.98. The summed E-state index contributed by atoms with van der Waals surface area (Å²) in [6.07, 6.45) is -0.00864. The summed E-state index contributed by atoms with van der Waals surface area (Å²) in [5, 5.41) is 3.54. The summed E-state index contributed by atoms with van der Waals surface area (Å²) in [5.74, 6) is -0.316. The number of sulfonamides is 1. The summed E-state index contributed by atoms with van der Waals surface area (Å²) in [7, 11) is -3.70. The molecule has 0 unspecified atom stereocenters. The lowest BCUT2D eigenvalue weighted by atomic mass is 10.2. The van der Waals surface area contributed by atoms with Gasteiger partial charge < -0.3 is 5.32 Å². The van der Waals surface area contributed by atoms with E-state index in [-0.39, 0.29) is 23.8 Å². The molecule has 5 nitrogen and oxygen atoms in total. The number of amides is 1. The van der Waals surface area contributed by atoms with Crippen molar-refractivity contribution in [1.29, 1.82) is 0 Å². The first-order valence-electron chi connectivity index (χ1n) is 7.09. The second-order valence-corrected chi connectivity index (χ2v) is 7.73. The van der Waals surface area contributed by atoms with Crippen LogP contribution in [0.25, 0.3) is 0 Å². The lowest BCUT2D eigenvalue weighted by Gasteiger charge is -2.09. The largest absolute Gasteiger partial charge is 0.326 e.